The number of carbonyl (C=O) groups is 1. The Labute approximate surface area is 173 Å². The fourth-order valence-corrected chi connectivity index (χ4v) is 4.22. The number of aryl methyl sites for hydroxylation is 1. The van der Waals surface area contributed by atoms with Crippen LogP contribution in [0.1, 0.15) is 28.5 Å². The summed E-state index contributed by atoms with van der Waals surface area (Å²) in [5.74, 6) is 0.213. The maximum atomic E-state index is 12.6. The van der Waals surface area contributed by atoms with Crippen molar-refractivity contribution >= 4 is 40.9 Å². The van der Waals surface area contributed by atoms with Gasteiger partial charge in [-0.1, -0.05) is 59.6 Å². The molecule has 0 aliphatic rings. The summed E-state index contributed by atoms with van der Waals surface area (Å²) >= 11 is 13.8. The van der Waals surface area contributed by atoms with Crippen molar-refractivity contribution in [1.82, 2.24) is 4.98 Å². The van der Waals surface area contributed by atoms with E-state index >= 15 is 0 Å². The third-order valence-electron chi connectivity index (χ3n) is 4.12. The number of hydrogen-bond donors (Lipinski definition) is 1. The predicted molar refractivity (Wildman–Crippen MR) is 114 cm³/mol. The second-order valence-corrected chi connectivity index (χ2v) is 8.17. The van der Waals surface area contributed by atoms with Crippen molar-refractivity contribution in [2.75, 3.05) is 0 Å². The zero-order chi connectivity index (χ0) is 19.4. The van der Waals surface area contributed by atoms with Crippen LogP contribution in [0.2, 0.25) is 10.0 Å². The molecule has 1 N–H and O–H groups in total. The zero-order valence-electron chi connectivity index (χ0n) is 15.0. The van der Waals surface area contributed by atoms with E-state index in [-0.39, 0.29) is 11.4 Å². The number of esters is 1. The van der Waals surface area contributed by atoms with Crippen molar-refractivity contribution in [3.05, 3.63) is 81.5 Å². The maximum absolute atomic E-state index is 12.6. The minimum atomic E-state index is -0.351. The van der Waals surface area contributed by atoms with Crippen LogP contribution >= 0.6 is 35.0 Å². The summed E-state index contributed by atoms with van der Waals surface area (Å²) in [5.41, 5.74) is 3.75. The Morgan fingerprint density at radius 1 is 1.11 bits per heavy atom. The van der Waals surface area contributed by atoms with Gasteiger partial charge in [0.2, 0.25) is 0 Å². The summed E-state index contributed by atoms with van der Waals surface area (Å²) in [5, 5.41) is 1.23. The first-order valence-electron chi connectivity index (χ1n) is 8.46. The van der Waals surface area contributed by atoms with E-state index in [2.05, 4.69) is 4.98 Å². The first-order valence-corrected chi connectivity index (χ1v) is 10.3. The molecule has 3 nitrogen and oxygen atoms in total. The largest absolute Gasteiger partial charge is 0.448 e. The zero-order valence-corrected chi connectivity index (χ0v) is 17.3. The molecule has 0 aliphatic carbocycles. The second kappa shape index (κ2) is 8.87. The molecule has 0 radical (unpaired) electrons. The SMILES string of the molecule is Cc1[nH]c(-c2ccccc2)cc1C(=O)OC(C)SCc1c(Cl)cccc1Cl. The minimum absolute atomic E-state index is 0.334. The van der Waals surface area contributed by atoms with Crippen molar-refractivity contribution in [2.45, 2.75) is 25.0 Å². The molecule has 1 aromatic heterocycles. The van der Waals surface area contributed by atoms with E-state index in [1.807, 2.05) is 50.2 Å². The van der Waals surface area contributed by atoms with Gasteiger partial charge < -0.3 is 9.72 Å². The van der Waals surface area contributed by atoms with Gasteiger partial charge in [0.05, 0.1) is 5.56 Å². The molecule has 3 aromatic rings. The smallest absolute Gasteiger partial charge is 0.341 e. The molecule has 3 rings (SSSR count). The topological polar surface area (TPSA) is 42.1 Å². The van der Waals surface area contributed by atoms with Crippen LogP contribution in [-0.4, -0.2) is 16.4 Å². The summed E-state index contributed by atoms with van der Waals surface area (Å²) in [4.78, 5) is 15.8. The van der Waals surface area contributed by atoms with E-state index in [1.54, 1.807) is 18.2 Å². The molecule has 1 unspecified atom stereocenters. The van der Waals surface area contributed by atoms with Crippen LogP contribution in [0, 0.1) is 6.92 Å². The average molecular weight is 420 g/mol. The van der Waals surface area contributed by atoms with Crippen molar-refractivity contribution in [1.29, 1.82) is 0 Å². The average Bonchev–Trinajstić information content (AvgIpc) is 3.04. The van der Waals surface area contributed by atoms with Gasteiger partial charge in [0, 0.05) is 27.2 Å². The molecular weight excluding hydrogens is 401 g/mol. The van der Waals surface area contributed by atoms with Gasteiger partial charge in [0.1, 0.15) is 5.44 Å². The lowest BCUT2D eigenvalue weighted by Gasteiger charge is -2.14. The lowest BCUT2D eigenvalue weighted by molar-refractivity contribution is 0.0481. The molecule has 140 valence electrons. The number of carbonyl (C=O) groups excluding carboxylic acids is 1. The molecule has 27 heavy (non-hydrogen) atoms. The van der Waals surface area contributed by atoms with E-state index in [4.69, 9.17) is 27.9 Å². The highest BCUT2D eigenvalue weighted by molar-refractivity contribution is 7.99. The maximum Gasteiger partial charge on any atom is 0.341 e. The molecule has 2 aromatic carbocycles. The number of aromatic amines is 1. The lowest BCUT2D eigenvalue weighted by Crippen LogP contribution is -2.12. The first kappa shape index (κ1) is 19.9. The van der Waals surface area contributed by atoms with Crippen LogP contribution in [0.15, 0.2) is 54.6 Å². The standard InChI is InChI=1S/C21H19Cl2NO2S/c1-13-16(11-20(24-13)15-7-4-3-5-8-15)21(25)26-14(2)27-12-17-18(22)9-6-10-19(17)23/h3-11,14,24H,12H2,1-2H3. The van der Waals surface area contributed by atoms with Gasteiger partial charge in [-0.3, -0.25) is 0 Å². The lowest BCUT2D eigenvalue weighted by atomic mass is 10.1. The molecule has 6 heteroatoms. The summed E-state index contributed by atoms with van der Waals surface area (Å²) in [7, 11) is 0. The van der Waals surface area contributed by atoms with Gasteiger partial charge >= 0.3 is 5.97 Å². The Bertz CT molecular complexity index is 920. The molecule has 1 atom stereocenters. The number of thioether (sulfide) groups is 1. The van der Waals surface area contributed by atoms with Crippen LogP contribution in [0.3, 0.4) is 0 Å². The molecular formula is C21H19Cl2NO2S. The predicted octanol–water partition coefficient (Wildman–Crippen LogP) is 6.73. The highest BCUT2D eigenvalue weighted by atomic mass is 35.5. The van der Waals surface area contributed by atoms with E-state index in [1.165, 1.54) is 11.8 Å². The number of ether oxygens (including phenoxy) is 1. The molecule has 0 fully saturated rings. The third-order valence-corrected chi connectivity index (χ3v) is 5.85. The van der Waals surface area contributed by atoms with Crippen molar-refractivity contribution in [3.63, 3.8) is 0 Å². The van der Waals surface area contributed by atoms with E-state index in [0.717, 1.165) is 22.5 Å². The molecule has 0 bridgehead atoms. The van der Waals surface area contributed by atoms with Crippen molar-refractivity contribution < 1.29 is 9.53 Å². The molecule has 0 aliphatic heterocycles. The quantitative estimate of drug-likeness (QED) is 0.355. The normalized spacial score (nSPS) is 12.0. The number of halogens is 2. The van der Waals surface area contributed by atoms with Crippen molar-refractivity contribution in [3.8, 4) is 11.3 Å². The van der Waals surface area contributed by atoms with Crippen LogP contribution in [-0.2, 0) is 10.5 Å². The molecule has 0 spiro atoms. The Balaban J connectivity index is 1.64. The monoisotopic (exact) mass is 419 g/mol. The number of aromatic nitrogens is 1. The minimum Gasteiger partial charge on any atom is -0.448 e. The number of rotatable bonds is 6. The summed E-state index contributed by atoms with van der Waals surface area (Å²) in [6, 6.07) is 17.1. The van der Waals surface area contributed by atoms with E-state index < -0.39 is 0 Å². The third kappa shape index (κ3) is 4.89. The molecule has 0 saturated heterocycles. The van der Waals surface area contributed by atoms with Gasteiger partial charge in [0.25, 0.3) is 0 Å². The van der Waals surface area contributed by atoms with E-state index in [9.17, 15) is 4.79 Å². The Kier molecular flexibility index (Phi) is 6.53. The highest BCUT2D eigenvalue weighted by Crippen LogP contribution is 2.30. The highest BCUT2D eigenvalue weighted by Gasteiger charge is 2.18. The Hall–Kier alpha value is -1.88. The van der Waals surface area contributed by atoms with Crippen molar-refractivity contribution in [2.24, 2.45) is 0 Å². The van der Waals surface area contributed by atoms with Crippen LogP contribution in [0.25, 0.3) is 11.3 Å². The van der Waals surface area contributed by atoms with Crippen LogP contribution < -0.4 is 0 Å². The van der Waals surface area contributed by atoms with E-state index in [0.29, 0.717) is 21.4 Å². The Morgan fingerprint density at radius 2 is 1.78 bits per heavy atom. The molecule has 0 amide bonds. The molecule has 0 saturated carbocycles. The number of hydrogen-bond acceptors (Lipinski definition) is 3. The summed E-state index contributed by atoms with van der Waals surface area (Å²) in [6.07, 6.45) is 0. The number of benzene rings is 2. The van der Waals surface area contributed by atoms with Crippen LogP contribution in [0.4, 0.5) is 0 Å². The molecule has 1 heterocycles. The number of H-pyrrole nitrogens is 1. The fourth-order valence-electron chi connectivity index (χ4n) is 2.66. The van der Waals surface area contributed by atoms with Gasteiger partial charge in [-0.05, 0) is 43.2 Å². The summed E-state index contributed by atoms with van der Waals surface area (Å²) in [6.45, 7) is 3.71. The first-order chi connectivity index (χ1) is 13.0. The second-order valence-electron chi connectivity index (χ2n) is 6.07. The van der Waals surface area contributed by atoms with Gasteiger partial charge in [-0.2, -0.15) is 0 Å². The Morgan fingerprint density at radius 3 is 2.44 bits per heavy atom. The van der Waals surface area contributed by atoms with Gasteiger partial charge in [-0.15, -0.1) is 11.8 Å². The number of nitrogens with one attached hydrogen (secondary N) is 1. The van der Waals surface area contributed by atoms with Gasteiger partial charge in [0.15, 0.2) is 0 Å². The van der Waals surface area contributed by atoms with Gasteiger partial charge in [-0.25, -0.2) is 4.79 Å². The fraction of sp³-hybridized carbons (Fsp3) is 0.190. The van der Waals surface area contributed by atoms with Crippen LogP contribution in [0.5, 0.6) is 0 Å². The summed E-state index contributed by atoms with van der Waals surface area (Å²) < 4.78 is 5.59.